The van der Waals surface area contributed by atoms with Crippen LogP contribution in [0.2, 0.25) is 0 Å². The minimum atomic E-state index is -1.17. The molecular weight excluding hydrogens is 314 g/mol. The topological polar surface area (TPSA) is 116 Å². The van der Waals surface area contributed by atoms with Gasteiger partial charge < -0.3 is 15.3 Å². The van der Waals surface area contributed by atoms with Gasteiger partial charge in [0.15, 0.2) is 0 Å². The van der Waals surface area contributed by atoms with Gasteiger partial charge in [0.25, 0.3) is 11.8 Å². The van der Waals surface area contributed by atoms with Crippen molar-refractivity contribution in [2.24, 2.45) is 0 Å². The molecule has 8 nitrogen and oxygen atoms in total. The molecule has 0 radical (unpaired) electrons. The number of hydrogen-bond acceptors (Lipinski definition) is 4. The van der Waals surface area contributed by atoms with E-state index in [1.165, 1.54) is 4.90 Å². The first-order valence-electron chi connectivity index (χ1n) is 7.53. The molecule has 0 saturated carbocycles. The second kappa shape index (κ2) is 6.69. The van der Waals surface area contributed by atoms with Gasteiger partial charge >= 0.3 is 12.0 Å². The minimum Gasteiger partial charge on any atom is -0.481 e. The van der Waals surface area contributed by atoms with Crippen molar-refractivity contribution in [3.63, 3.8) is 0 Å². The standard InChI is InChI=1S/C16H19N3O5/c1-3-19(9-8-12(20)21)13(22)10-4-6-11(7-5-10)16(2)14(23)17-15(24)18-16/h4-7H,3,8-9H2,1-2H3,(H,20,21)(H2,17,18,23,24)/t16-/m1/s1. The zero-order chi connectivity index (χ0) is 17.9. The third-order valence-corrected chi connectivity index (χ3v) is 4.02. The molecule has 3 N–H and O–H groups in total. The summed E-state index contributed by atoms with van der Waals surface area (Å²) in [5.74, 6) is -1.70. The largest absolute Gasteiger partial charge is 0.481 e. The van der Waals surface area contributed by atoms with Crippen molar-refractivity contribution in [1.82, 2.24) is 15.5 Å². The van der Waals surface area contributed by atoms with Crippen LogP contribution in [0.25, 0.3) is 0 Å². The molecule has 1 heterocycles. The van der Waals surface area contributed by atoms with Crippen LogP contribution in [-0.2, 0) is 15.1 Å². The first kappa shape index (κ1) is 17.5. The van der Waals surface area contributed by atoms with Gasteiger partial charge in [0, 0.05) is 18.7 Å². The summed E-state index contributed by atoms with van der Waals surface area (Å²) >= 11 is 0. The molecule has 0 aliphatic carbocycles. The number of imide groups is 1. The summed E-state index contributed by atoms with van der Waals surface area (Å²) in [6, 6.07) is 5.76. The summed E-state index contributed by atoms with van der Waals surface area (Å²) in [6.45, 7) is 3.87. The molecule has 2 rings (SSSR count). The maximum absolute atomic E-state index is 12.4. The van der Waals surface area contributed by atoms with Crippen LogP contribution in [0.4, 0.5) is 4.79 Å². The zero-order valence-corrected chi connectivity index (χ0v) is 13.5. The molecule has 1 aliphatic heterocycles. The van der Waals surface area contributed by atoms with E-state index in [2.05, 4.69) is 10.6 Å². The highest BCUT2D eigenvalue weighted by Gasteiger charge is 2.43. The van der Waals surface area contributed by atoms with Gasteiger partial charge in [0.2, 0.25) is 0 Å². The lowest BCUT2D eigenvalue weighted by Crippen LogP contribution is -2.40. The predicted octanol–water partition coefficient (Wildman–Crippen LogP) is 0.678. The Morgan fingerprint density at radius 1 is 1.21 bits per heavy atom. The third kappa shape index (κ3) is 3.37. The Balaban J connectivity index is 2.16. The maximum atomic E-state index is 12.4. The molecule has 1 aliphatic rings. The fourth-order valence-electron chi connectivity index (χ4n) is 2.51. The Morgan fingerprint density at radius 3 is 2.29 bits per heavy atom. The first-order chi connectivity index (χ1) is 11.3. The number of urea groups is 1. The summed E-state index contributed by atoms with van der Waals surface area (Å²) in [4.78, 5) is 47.7. The lowest BCUT2D eigenvalue weighted by molar-refractivity contribution is -0.137. The van der Waals surface area contributed by atoms with Crippen LogP contribution in [0.5, 0.6) is 0 Å². The number of rotatable bonds is 6. The molecular formula is C16H19N3O5. The van der Waals surface area contributed by atoms with Crippen LogP contribution in [-0.4, -0.2) is 46.9 Å². The summed E-state index contributed by atoms with van der Waals surface area (Å²) in [5, 5.41) is 13.5. The summed E-state index contributed by atoms with van der Waals surface area (Å²) in [6.07, 6.45) is -0.123. The highest BCUT2D eigenvalue weighted by atomic mass is 16.4. The van der Waals surface area contributed by atoms with Gasteiger partial charge in [0.05, 0.1) is 6.42 Å². The van der Waals surface area contributed by atoms with Gasteiger partial charge in [-0.3, -0.25) is 19.7 Å². The van der Waals surface area contributed by atoms with E-state index in [0.29, 0.717) is 17.7 Å². The van der Waals surface area contributed by atoms with Crippen molar-refractivity contribution in [3.8, 4) is 0 Å². The normalized spacial score (nSPS) is 19.6. The lowest BCUT2D eigenvalue weighted by Gasteiger charge is -2.23. The molecule has 0 unspecified atom stereocenters. The molecule has 1 fully saturated rings. The molecule has 1 atom stereocenters. The number of nitrogens with one attached hydrogen (secondary N) is 2. The number of carbonyl (C=O) groups excluding carboxylic acids is 3. The second-order valence-electron chi connectivity index (χ2n) is 5.64. The number of aliphatic carboxylic acids is 1. The first-order valence-corrected chi connectivity index (χ1v) is 7.53. The number of carbonyl (C=O) groups is 4. The zero-order valence-electron chi connectivity index (χ0n) is 13.5. The fraction of sp³-hybridized carbons (Fsp3) is 0.375. The van der Waals surface area contributed by atoms with E-state index >= 15 is 0 Å². The van der Waals surface area contributed by atoms with Crippen LogP contribution in [0, 0.1) is 0 Å². The van der Waals surface area contributed by atoms with Crippen LogP contribution in [0.15, 0.2) is 24.3 Å². The molecule has 128 valence electrons. The van der Waals surface area contributed by atoms with E-state index in [1.807, 2.05) is 0 Å². The van der Waals surface area contributed by atoms with Crippen LogP contribution < -0.4 is 10.6 Å². The Labute approximate surface area is 138 Å². The average Bonchev–Trinajstić information content (AvgIpc) is 2.81. The van der Waals surface area contributed by atoms with Gasteiger partial charge in [-0.15, -0.1) is 0 Å². The van der Waals surface area contributed by atoms with E-state index in [4.69, 9.17) is 5.11 Å². The van der Waals surface area contributed by atoms with Gasteiger partial charge in [-0.05, 0) is 31.5 Å². The van der Waals surface area contributed by atoms with Crippen LogP contribution >= 0.6 is 0 Å². The smallest absolute Gasteiger partial charge is 0.322 e. The molecule has 1 aromatic carbocycles. The minimum absolute atomic E-state index is 0.123. The quantitative estimate of drug-likeness (QED) is 0.662. The van der Waals surface area contributed by atoms with Crippen LogP contribution in [0.3, 0.4) is 0 Å². The van der Waals surface area contributed by atoms with Gasteiger partial charge in [-0.1, -0.05) is 12.1 Å². The Morgan fingerprint density at radius 2 is 1.83 bits per heavy atom. The van der Waals surface area contributed by atoms with Gasteiger partial charge in [0.1, 0.15) is 5.54 Å². The van der Waals surface area contributed by atoms with Gasteiger partial charge in [-0.25, -0.2) is 4.79 Å². The molecule has 1 saturated heterocycles. The van der Waals surface area contributed by atoms with Crippen molar-refractivity contribution in [2.45, 2.75) is 25.8 Å². The fourth-order valence-corrected chi connectivity index (χ4v) is 2.51. The van der Waals surface area contributed by atoms with E-state index in [1.54, 1.807) is 38.1 Å². The Kier molecular flexibility index (Phi) is 4.87. The van der Waals surface area contributed by atoms with E-state index < -0.39 is 23.4 Å². The monoisotopic (exact) mass is 333 g/mol. The van der Waals surface area contributed by atoms with Gasteiger partial charge in [-0.2, -0.15) is 0 Å². The highest BCUT2D eigenvalue weighted by molar-refractivity contribution is 6.07. The summed E-state index contributed by atoms with van der Waals surface area (Å²) in [7, 11) is 0. The van der Waals surface area contributed by atoms with Crippen molar-refractivity contribution in [3.05, 3.63) is 35.4 Å². The van der Waals surface area contributed by atoms with Crippen LogP contribution in [0.1, 0.15) is 36.2 Å². The van der Waals surface area contributed by atoms with Crippen molar-refractivity contribution < 1.29 is 24.3 Å². The van der Waals surface area contributed by atoms with E-state index in [0.717, 1.165) is 0 Å². The highest BCUT2D eigenvalue weighted by Crippen LogP contribution is 2.24. The number of nitrogens with zero attached hydrogens (tertiary/aromatic N) is 1. The Bertz CT molecular complexity index is 685. The Hall–Kier alpha value is -2.90. The summed E-state index contributed by atoms with van der Waals surface area (Å²) in [5.41, 5.74) is -0.234. The number of benzene rings is 1. The number of carboxylic acids is 1. The van der Waals surface area contributed by atoms with Crippen molar-refractivity contribution >= 4 is 23.8 Å². The molecule has 0 spiro atoms. The molecule has 0 bridgehead atoms. The van der Waals surface area contributed by atoms with Crippen molar-refractivity contribution in [1.29, 1.82) is 0 Å². The SMILES string of the molecule is CCN(CCC(=O)O)C(=O)c1ccc([C@@]2(C)NC(=O)NC2=O)cc1. The second-order valence-corrected chi connectivity index (χ2v) is 5.64. The van der Waals surface area contributed by atoms with Crippen molar-refractivity contribution in [2.75, 3.05) is 13.1 Å². The lowest BCUT2D eigenvalue weighted by atomic mass is 9.91. The molecule has 4 amide bonds. The summed E-state index contributed by atoms with van der Waals surface area (Å²) < 4.78 is 0. The van der Waals surface area contributed by atoms with E-state index in [-0.39, 0.29) is 18.9 Å². The predicted molar refractivity (Wildman–Crippen MR) is 84.3 cm³/mol. The molecule has 1 aromatic rings. The number of carboxylic acid groups (broad SMARTS) is 1. The maximum Gasteiger partial charge on any atom is 0.322 e. The number of amides is 4. The number of hydrogen-bond donors (Lipinski definition) is 3. The van der Waals surface area contributed by atoms with E-state index in [9.17, 15) is 19.2 Å². The average molecular weight is 333 g/mol. The molecule has 8 heteroatoms. The molecule has 24 heavy (non-hydrogen) atoms. The third-order valence-electron chi connectivity index (χ3n) is 4.02. The molecule has 0 aromatic heterocycles.